The third-order valence-corrected chi connectivity index (χ3v) is 7.18. The molecule has 136 valence electrons. The molecule has 0 amide bonds. The van der Waals surface area contributed by atoms with Crippen LogP contribution in [-0.2, 0) is 4.57 Å². The van der Waals surface area contributed by atoms with Crippen molar-refractivity contribution in [2.24, 2.45) is 0 Å². The van der Waals surface area contributed by atoms with E-state index in [-0.39, 0.29) is 12.4 Å². The minimum absolute atomic E-state index is 0.128. The first kappa shape index (κ1) is 18.8. The summed E-state index contributed by atoms with van der Waals surface area (Å²) in [4.78, 5) is 0. The molecule has 0 saturated carbocycles. The molecule has 3 aromatic carbocycles. The van der Waals surface area contributed by atoms with Gasteiger partial charge in [0.25, 0.3) is 0 Å². The molecule has 3 rings (SSSR count). The van der Waals surface area contributed by atoms with Crippen LogP contribution in [0.15, 0.2) is 96.5 Å². The number of halogens is 2. The predicted molar refractivity (Wildman–Crippen MR) is 104 cm³/mol. The van der Waals surface area contributed by atoms with Crippen LogP contribution in [0.2, 0.25) is 0 Å². The Bertz CT molecular complexity index is 983. The number of hydrogen-bond donors (Lipinski definition) is 0. The molecule has 2 nitrogen and oxygen atoms in total. The fourth-order valence-corrected chi connectivity index (χ4v) is 5.30. The highest BCUT2D eigenvalue weighted by atomic mass is 31.2. The molecule has 0 aromatic heterocycles. The Hall–Kier alpha value is -2.93. The highest BCUT2D eigenvalue weighted by molar-refractivity contribution is 7.82. The fraction of sp³-hybridized carbons (Fsp3) is 0.0455. The molecule has 0 atom stereocenters. The molecule has 3 aromatic rings. The maximum Gasteiger partial charge on any atom is 0.177 e. The average molecular weight is 382 g/mol. The first-order chi connectivity index (χ1) is 13.1. The van der Waals surface area contributed by atoms with Gasteiger partial charge < -0.3 is 9.30 Å². The number of rotatable bonds is 6. The topological polar surface area (TPSA) is 26.3 Å². The Kier molecular flexibility index (Phi) is 5.71. The van der Waals surface area contributed by atoms with Gasteiger partial charge in [0.05, 0.1) is 5.31 Å². The molecule has 0 aliphatic carbocycles. The monoisotopic (exact) mass is 382 g/mol. The van der Waals surface area contributed by atoms with Gasteiger partial charge in [-0.25, -0.2) is 8.78 Å². The smallest absolute Gasteiger partial charge is 0.177 e. The highest BCUT2D eigenvalue weighted by Crippen LogP contribution is 2.51. The highest BCUT2D eigenvalue weighted by Gasteiger charge is 2.32. The van der Waals surface area contributed by atoms with Crippen molar-refractivity contribution >= 4 is 17.8 Å². The number of benzene rings is 3. The van der Waals surface area contributed by atoms with E-state index < -0.39 is 18.8 Å². The first-order valence-electron chi connectivity index (χ1n) is 8.24. The van der Waals surface area contributed by atoms with Gasteiger partial charge in [0.2, 0.25) is 0 Å². The lowest BCUT2D eigenvalue weighted by atomic mass is 10.3. The van der Waals surface area contributed by atoms with Crippen molar-refractivity contribution in [3.8, 4) is 5.75 Å². The summed E-state index contributed by atoms with van der Waals surface area (Å²) in [5.74, 6) is -1.65. The lowest BCUT2D eigenvalue weighted by molar-refractivity contribution is 0.336. The molecule has 0 aliphatic rings. The number of ether oxygens (including phenoxy) is 1. The molecular formula is C22H17F2O2P. The Morgan fingerprint density at radius 3 is 1.96 bits per heavy atom. The molecule has 0 unspecified atom stereocenters. The minimum Gasteiger partial charge on any atom is -0.485 e. The zero-order chi connectivity index (χ0) is 19.3. The lowest BCUT2D eigenvalue weighted by Crippen LogP contribution is -2.20. The van der Waals surface area contributed by atoms with Gasteiger partial charge in [0.15, 0.2) is 18.7 Å². The van der Waals surface area contributed by atoms with E-state index in [1.165, 1.54) is 6.07 Å². The zero-order valence-corrected chi connectivity index (χ0v) is 15.3. The second-order valence-electron chi connectivity index (χ2n) is 5.77. The second-order valence-corrected chi connectivity index (χ2v) is 8.56. The fourth-order valence-electron chi connectivity index (χ4n) is 2.73. The van der Waals surface area contributed by atoms with Crippen molar-refractivity contribution in [3.05, 3.63) is 108 Å². The molecule has 0 saturated heterocycles. The summed E-state index contributed by atoms with van der Waals surface area (Å²) in [7, 11) is -3.27. The molecule has 0 N–H and O–H groups in total. The van der Waals surface area contributed by atoms with E-state index in [0.717, 1.165) is 12.1 Å². The van der Waals surface area contributed by atoms with Crippen LogP contribution in [-0.4, -0.2) is 6.61 Å². The van der Waals surface area contributed by atoms with Gasteiger partial charge in [-0.1, -0.05) is 67.2 Å². The van der Waals surface area contributed by atoms with Crippen LogP contribution < -0.4 is 15.3 Å². The SMILES string of the molecule is C=C=C(COc1ccc(F)cc1F)P(=O)(c1ccccc1)c1ccccc1. The van der Waals surface area contributed by atoms with Crippen LogP contribution in [0, 0.1) is 11.6 Å². The van der Waals surface area contributed by atoms with Crippen LogP contribution in [0.1, 0.15) is 0 Å². The summed E-state index contributed by atoms with van der Waals surface area (Å²) in [6, 6.07) is 21.0. The van der Waals surface area contributed by atoms with E-state index in [2.05, 4.69) is 12.3 Å². The average Bonchev–Trinajstić information content (AvgIpc) is 2.71. The quantitative estimate of drug-likeness (QED) is 0.442. The molecule has 0 aliphatic heterocycles. The Morgan fingerprint density at radius 2 is 1.48 bits per heavy atom. The van der Waals surface area contributed by atoms with Crippen LogP contribution >= 0.6 is 7.14 Å². The third-order valence-electron chi connectivity index (χ3n) is 4.08. The summed E-state index contributed by atoms with van der Waals surface area (Å²) >= 11 is 0. The van der Waals surface area contributed by atoms with Gasteiger partial charge >= 0.3 is 0 Å². The molecule has 5 heteroatoms. The predicted octanol–water partition coefficient (Wildman–Crippen LogP) is 5.03. The lowest BCUT2D eigenvalue weighted by Gasteiger charge is -2.21. The maximum absolute atomic E-state index is 14.1. The Balaban J connectivity index is 2.00. The molecule has 0 spiro atoms. The van der Waals surface area contributed by atoms with Crippen LogP contribution in [0.25, 0.3) is 0 Å². The van der Waals surface area contributed by atoms with E-state index in [9.17, 15) is 13.3 Å². The molecular weight excluding hydrogens is 365 g/mol. The summed E-state index contributed by atoms with van der Waals surface area (Å²) in [5, 5.41) is 1.51. The molecule has 0 heterocycles. The van der Waals surface area contributed by atoms with Gasteiger partial charge in [-0.15, -0.1) is 5.73 Å². The van der Waals surface area contributed by atoms with Gasteiger partial charge in [-0.3, -0.25) is 0 Å². The summed E-state index contributed by atoms with van der Waals surface area (Å²) in [6.45, 7) is 3.47. The van der Waals surface area contributed by atoms with Crippen molar-refractivity contribution in [3.63, 3.8) is 0 Å². The first-order valence-corrected chi connectivity index (χ1v) is 9.95. The van der Waals surface area contributed by atoms with Crippen molar-refractivity contribution < 1.29 is 18.1 Å². The molecule has 0 bridgehead atoms. The Morgan fingerprint density at radius 1 is 0.926 bits per heavy atom. The van der Waals surface area contributed by atoms with E-state index in [1.807, 2.05) is 12.1 Å². The van der Waals surface area contributed by atoms with E-state index in [0.29, 0.717) is 15.9 Å². The van der Waals surface area contributed by atoms with E-state index >= 15 is 0 Å². The van der Waals surface area contributed by atoms with Crippen LogP contribution in [0.4, 0.5) is 8.78 Å². The standard InChI is InChI=1S/C22H17F2O2P/c1-2-18(16-26-22-14-13-17(23)15-21(22)24)27(25,19-9-5-3-6-10-19)20-11-7-4-8-12-20/h3-15H,1,16H2. The molecule has 0 radical (unpaired) electrons. The minimum atomic E-state index is -3.27. The summed E-state index contributed by atoms with van der Waals surface area (Å²) in [5.41, 5.74) is 2.72. The summed E-state index contributed by atoms with van der Waals surface area (Å²) in [6.07, 6.45) is 0. The van der Waals surface area contributed by atoms with Crippen LogP contribution in [0.5, 0.6) is 5.75 Å². The maximum atomic E-state index is 14.1. The normalized spacial score (nSPS) is 10.9. The van der Waals surface area contributed by atoms with Crippen molar-refractivity contribution in [2.45, 2.75) is 0 Å². The van der Waals surface area contributed by atoms with Crippen LogP contribution in [0.3, 0.4) is 0 Å². The van der Waals surface area contributed by atoms with Crippen molar-refractivity contribution in [1.82, 2.24) is 0 Å². The number of hydrogen-bond acceptors (Lipinski definition) is 2. The van der Waals surface area contributed by atoms with E-state index in [4.69, 9.17) is 4.74 Å². The van der Waals surface area contributed by atoms with Crippen molar-refractivity contribution in [2.75, 3.05) is 6.61 Å². The summed E-state index contributed by atoms with van der Waals surface area (Å²) < 4.78 is 46.6. The second kappa shape index (κ2) is 8.18. The van der Waals surface area contributed by atoms with Crippen molar-refractivity contribution in [1.29, 1.82) is 0 Å². The molecule has 0 fully saturated rings. The van der Waals surface area contributed by atoms with E-state index in [1.54, 1.807) is 48.5 Å². The molecule has 27 heavy (non-hydrogen) atoms. The third kappa shape index (κ3) is 3.93. The Labute approximate surface area is 156 Å². The van der Waals surface area contributed by atoms with Gasteiger partial charge in [-0.2, -0.15) is 0 Å². The van der Waals surface area contributed by atoms with Gasteiger partial charge in [0.1, 0.15) is 12.4 Å². The van der Waals surface area contributed by atoms with Gasteiger partial charge in [0, 0.05) is 16.7 Å². The zero-order valence-electron chi connectivity index (χ0n) is 14.4. The largest absolute Gasteiger partial charge is 0.485 e. The van der Waals surface area contributed by atoms with Gasteiger partial charge in [-0.05, 0) is 12.1 Å².